The predicted molar refractivity (Wildman–Crippen MR) is 78.9 cm³/mol. The molecule has 0 radical (unpaired) electrons. The molecule has 0 spiro atoms. The van der Waals surface area contributed by atoms with Crippen molar-refractivity contribution >= 4 is 23.5 Å². The topological polar surface area (TPSA) is 52.7 Å². The van der Waals surface area contributed by atoms with Gasteiger partial charge in [-0.15, -0.1) is 11.6 Å². The average Bonchev–Trinajstić information content (AvgIpc) is 2.48. The maximum absolute atomic E-state index is 11.9. The van der Waals surface area contributed by atoms with Gasteiger partial charge in [0.2, 0.25) is 5.91 Å². The second-order valence-corrected chi connectivity index (χ2v) is 5.99. The number of hydrogen-bond acceptors (Lipinski definition) is 3. The molecular weight excluding hydrogens is 278 g/mol. The SMILES string of the molecule is O=C(CCCl)NC(=O)N1CCC(N2CCCCC2)CC1. The highest BCUT2D eigenvalue weighted by atomic mass is 35.5. The van der Waals surface area contributed by atoms with Crippen molar-refractivity contribution < 1.29 is 9.59 Å². The Hall–Kier alpha value is -0.810. The zero-order valence-corrected chi connectivity index (χ0v) is 12.7. The Kier molecular flexibility index (Phi) is 6.10. The van der Waals surface area contributed by atoms with E-state index in [2.05, 4.69) is 10.2 Å². The minimum absolute atomic E-state index is 0.192. The molecule has 20 heavy (non-hydrogen) atoms. The molecule has 5 nitrogen and oxygen atoms in total. The highest BCUT2D eigenvalue weighted by Gasteiger charge is 2.27. The van der Waals surface area contributed by atoms with E-state index in [-0.39, 0.29) is 24.2 Å². The Morgan fingerprint density at radius 2 is 1.70 bits per heavy atom. The first-order valence-electron chi connectivity index (χ1n) is 7.59. The first-order chi connectivity index (χ1) is 9.70. The lowest BCUT2D eigenvalue weighted by atomic mass is 10.0. The lowest BCUT2D eigenvalue weighted by Crippen LogP contribution is -2.51. The summed E-state index contributed by atoms with van der Waals surface area (Å²) in [4.78, 5) is 27.6. The lowest BCUT2D eigenvalue weighted by molar-refractivity contribution is -0.119. The molecule has 2 aliphatic heterocycles. The second-order valence-electron chi connectivity index (χ2n) is 5.61. The summed E-state index contributed by atoms with van der Waals surface area (Å²) in [6.07, 6.45) is 6.16. The van der Waals surface area contributed by atoms with Gasteiger partial charge in [0.15, 0.2) is 0 Å². The summed E-state index contributed by atoms with van der Waals surface area (Å²) in [5.41, 5.74) is 0. The van der Waals surface area contributed by atoms with Gasteiger partial charge in [-0.2, -0.15) is 0 Å². The van der Waals surface area contributed by atoms with E-state index in [9.17, 15) is 9.59 Å². The number of nitrogens with zero attached hydrogens (tertiary/aromatic N) is 2. The number of carbonyl (C=O) groups excluding carboxylic acids is 2. The Labute approximate surface area is 125 Å². The van der Waals surface area contributed by atoms with Crippen molar-refractivity contribution in [3.05, 3.63) is 0 Å². The summed E-state index contributed by atoms with van der Waals surface area (Å²) in [5, 5.41) is 2.39. The molecule has 0 aromatic heterocycles. The van der Waals surface area contributed by atoms with Crippen molar-refractivity contribution in [3.8, 4) is 0 Å². The van der Waals surface area contributed by atoms with Gasteiger partial charge in [-0.3, -0.25) is 10.1 Å². The number of urea groups is 1. The van der Waals surface area contributed by atoms with Crippen LogP contribution in [-0.2, 0) is 4.79 Å². The van der Waals surface area contributed by atoms with Crippen molar-refractivity contribution in [1.29, 1.82) is 0 Å². The van der Waals surface area contributed by atoms with E-state index in [1.807, 2.05) is 0 Å². The van der Waals surface area contributed by atoms with Gasteiger partial charge >= 0.3 is 6.03 Å². The molecule has 0 bridgehead atoms. The molecule has 2 heterocycles. The third kappa shape index (κ3) is 4.35. The fraction of sp³-hybridized carbons (Fsp3) is 0.857. The lowest BCUT2D eigenvalue weighted by Gasteiger charge is -2.40. The molecule has 0 aliphatic carbocycles. The van der Waals surface area contributed by atoms with Crippen LogP contribution < -0.4 is 5.32 Å². The van der Waals surface area contributed by atoms with Crippen LogP contribution in [0.5, 0.6) is 0 Å². The molecule has 2 rings (SSSR count). The van der Waals surface area contributed by atoms with E-state index >= 15 is 0 Å². The van der Waals surface area contributed by atoms with E-state index in [4.69, 9.17) is 11.6 Å². The molecule has 0 aromatic carbocycles. The molecule has 0 atom stereocenters. The number of piperidine rings is 2. The van der Waals surface area contributed by atoms with Crippen molar-refractivity contribution in [2.24, 2.45) is 0 Å². The summed E-state index contributed by atoms with van der Waals surface area (Å²) in [6.45, 7) is 3.87. The number of hydrogen-bond donors (Lipinski definition) is 1. The summed E-state index contributed by atoms with van der Waals surface area (Å²) < 4.78 is 0. The zero-order valence-electron chi connectivity index (χ0n) is 11.9. The van der Waals surface area contributed by atoms with E-state index in [0.717, 1.165) is 25.9 Å². The Morgan fingerprint density at radius 3 is 2.30 bits per heavy atom. The number of carbonyl (C=O) groups is 2. The second kappa shape index (κ2) is 7.84. The third-order valence-corrected chi connectivity index (χ3v) is 4.42. The van der Waals surface area contributed by atoms with Crippen LogP contribution >= 0.6 is 11.6 Å². The summed E-state index contributed by atoms with van der Waals surface area (Å²) in [5.74, 6) is -0.0426. The van der Waals surface area contributed by atoms with Gasteiger partial charge in [-0.25, -0.2) is 4.79 Å². The van der Waals surface area contributed by atoms with Crippen LogP contribution in [0.2, 0.25) is 0 Å². The molecule has 2 aliphatic rings. The molecule has 0 unspecified atom stereocenters. The largest absolute Gasteiger partial charge is 0.324 e. The standard InChI is InChI=1S/C14H24ClN3O2/c15-7-4-13(19)16-14(20)18-10-5-12(6-11-18)17-8-2-1-3-9-17/h12H,1-11H2,(H,16,19,20). The number of likely N-dealkylation sites (tertiary alicyclic amines) is 2. The maximum Gasteiger partial charge on any atom is 0.324 e. The van der Waals surface area contributed by atoms with E-state index in [0.29, 0.717) is 6.04 Å². The highest BCUT2D eigenvalue weighted by Crippen LogP contribution is 2.20. The van der Waals surface area contributed by atoms with E-state index in [1.54, 1.807) is 4.90 Å². The molecule has 2 saturated heterocycles. The zero-order chi connectivity index (χ0) is 14.4. The summed E-state index contributed by atoms with van der Waals surface area (Å²) in [6, 6.07) is 0.343. The van der Waals surface area contributed by atoms with Gasteiger partial charge in [0.05, 0.1) is 0 Å². The van der Waals surface area contributed by atoms with Gasteiger partial charge in [-0.1, -0.05) is 6.42 Å². The highest BCUT2D eigenvalue weighted by molar-refractivity contribution is 6.19. The van der Waals surface area contributed by atoms with Crippen molar-refractivity contribution in [1.82, 2.24) is 15.1 Å². The number of alkyl halides is 1. The van der Waals surface area contributed by atoms with Crippen molar-refractivity contribution in [2.45, 2.75) is 44.6 Å². The molecule has 0 aromatic rings. The van der Waals surface area contributed by atoms with Crippen LogP contribution in [0.1, 0.15) is 38.5 Å². The van der Waals surface area contributed by atoms with E-state index < -0.39 is 0 Å². The van der Waals surface area contributed by atoms with Crippen LogP contribution in [0.4, 0.5) is 4.79 Å². The minimum Gasteiger partial charge on any atom is -0.324 e. The molecule has 114 valence electrons. The van der Waals surface area contributed by atoms with Crippen LogP contribution in [0, 0.1) is 0 Å². The Morgan fingerprint density at radius 1 is 1.05 bits per heavy atom. The van der Waals surface area contributed by atoms with Crippen LogP contribution in [-0.4, -0.2) is 59.8 Å². The summed E-state index contributed by atoms with van der Waals surface area (Å²) >= 11 is 5.48. The smallest absolute Gasteiger partial charge is 0.324 e. The van der Waals surface area contributed by atoms with Crippen molar-refractivity contribution in [3.63, 3.8) is 0 Å². The van der Waals surface area contributed by atoms with Gasteiger partial charge in [0, 0.05) is 31.4 Å². The Balaban J connectivity index is 1.73. The number of halogens is 1. The van der Waals surface area contributed by atoms with Crippen molar-refractivity contribution in [2.75, 3.05) is 32.1 Å². The molecule has 6 heteroatoms. The number of amides is 3. The molecular formula is C14H24ClN3O2. The van der Waals surface area contributed by atoms with Gasteiger partial charge in [-0.05, 0) is 38.8 Å². The number of imide groups is 1. The van der Waals surface area contributed by atoms with Crippen LogP contribution in [0.3, 0.4) is 0 Å². The third-order valence-electron chi connectivity index (χ3n) is 4.23. The first kappa shape index (κ1) is 15.6. The molecule has 1 N–H and O–H groups in total. The molecule has 3 amide bonds. The van der Waals surface area contributed by atoms with Gasteiger partial charge in [0.25, 0.3) is 0 Å². The Bertz CT molecular complexity index is 337. The minimum atomic E-state index is -0.289. The van der Waals surface area contributed by atoms with E-state index in [1.165, 1.54) is 32.4 Å². The van der Waals surface area contributed by atoms with Crippen LogP contribution in [0.25, 0.3) is 0 Å². The maximum atomic E-state index is 11.9. The average molecular weight is 302 g/mol. The summed E-state index contributed by atoms with van der Waals surface area (Å²) in [7, 11) is 0. The van der Waals surface area contributed by atoms with Crippen LogP contribution in [0.15, 0.2) is 0 Å². The van der Waals surface area contributed by atoms with Gasteiger partial charge < -0.3 is 9.80 Å². The molecule has 2 fully saturated rings. The predicted octanol–water partition coefficient (Wildman–Crippen LogP) is 1.80. The van der Waals surface area contributed by atoms with Gasteiger partial charge in [0.1, 0.15) is 0 Å². The molecule has 0 saturated carbocycles. The monoisotopic (exact) mass is 301 g/mol. The normalized spacial score (nSPS) is 21.8. The quantitative estimate of drug-likeness (QED) is 0.809. The fourth-order valence-corrected chi connectivity index (χ4v) is 3.24. The first-order valence-corrected chi connectivity index (χ1v) is 8.13. The number of rotatable bonds is 3. The number of nitrogens with one attached hydrogen (secondary N) is 1. The fourth-order valence-electron chi connectivity index (χ4n) is 3.06.